The normalized spacial score (nSPS) is 21.3. The molecule has 0 radical (unpaired) electrons. The van der Waals surface area contributed by atoms with Crippen LogP contribution in [0.4, 0.5) is 5.13 Å². The number of carbonyl (C=O) groups excluding carboxylic acids is 1. The molecule has 30 heavy (non-hydrogen) atoms. The van der Waals surface area contributed by atoms with Crippen molar-refractivity contribution in [3.63, 3.8) is 0 Å². The Morgan fingerprint density at radius 1 is 1.23 bits per heavy atom. The Kier molecular flexibility index (Phi) is 7.26. The molecule has 0 spiro atoms. The van der Waals surface area contributed by atoms with E-state index in [-0.39, 0.29) is 11.8 Å². The molecular weight excluding hydrogens is 392 g/mol. The van der Waals surface area contributed by atoms with Gasteiger partial charge in [0.25, 0.3) is 0 Å². The molecule has 2 aromatic rings. The van der Waals surface area contributed by atoms with Gasteiger partial charge in [-0.3, -0.25) is 4.79 Å². The van der Waals surface area contributed by atoms with Gasteiger partial charge in [-0.2, -0.15) is 0 Å². The van der Waals surface area contributed by atoms with Crippen molar-refractivity contribution in [2.75, 3.05) is 44.2 Å². The Bertz CT molecular complexity index is 843. The van der Waals surface area contributed by atoms with Gasteiger partial charge < -0.3 is 15.1 Å². The lowest BCUT2D eigenvalue weighted by molar-refractivity contribution is -0.125. The molecule has 6 heteroatoms. The van der Waals surface area contributed by atoms with E-state index >= 15 is 0 Å². The lowest BCUT2D eigenvalue weighted by atomic mass is 9.96. The predicted octanol–water partition coefficient (Wildman–Crippen LogP) is 4.31. The van der Waals surface area contributed by atoms with Gasteiger partial charge >= 0.3 is 0 Å². The number of piperidine rings is 2. The number of fused-ring (bicyclic) bond motifs is 1. The number of nitrogens with one attached hydrogen (secondary N) is 1. The summed E-state index contributed by atoms with van der Waals surface area (Å²) in [7, 11) is 0. The first kappa shape index (κ1) is 21.6. The van der Waals surface area contributed by atoms with Gasteiger partial charge in [-0.15, -0.1) is 0 Å². The van der Waals surface area contributed by atoms with Crippen LogP contribution in [0.15, 0.2) is 18.2 Å². The average Bonchev–Trinajstić information content (AvgIpc) is 3.20. The van der Waals surface area contributed by atoms with E-state index in [9.17, 15) is 4.79 Å². The van der Waals surface area contributed by atoms with E-state index in [0.29, 0.717) is 0 Å². The molecule has 2 aliphatic rings. The summed E-state index contributed by atoms with van der Waals surface area (Å²) in [5.74, 6) is 1.22. The van der Waals surface area contributed by atoms with Crippen LogP contribution in [0.3, 0.4) is 0 Å². The third-order valence-electron chi connectivity index (χ3n) is 6.68. The number of thiazole rings is 1. The summed E-state index contributed by atoms with van der Waals surface area (Å²) in [5.41, 5.74) is 2.46. The maximum Gasteiger partial charge on any atom is 0.223 e. The van der Waals surface area contributed by atoms with Crippen LogP contribution >= 0.6 is 11.3 Å². The number of amides is 1. The number of nitrogens with zero attached hydrogens (tertiary/aromatic N) is 3. The molecule has 2 aliphatic heterocycles. The van der Waals surface area contributed by atoms with Crippen molar-refractivity contribution in [2.24, 2.45) is 11.8 Å². The van der Waals surface area contributed by atoms with Crippen LogP contribution < -0.4 is 10.2 Å². The van der Waals surface area contributed by atoms with E-state index in [0.717, 1.165) is 68.4 Å². The summed E-state index contributed by atoms with van der Waals surface area (Å²) < 4.78 is 1.27. The van der Waals surface area contributed by atoms with E-state index < -0.39 is 0 Å². The quantitative estimate of drug-likeness (QED) is 0.668. The van der Waals surface area contributed by atoms with Crippen LogP contribution in [-0.4, -0.2) is 55.1 Å². The van der Waals surface area contributed by atoms with Crippen molar-refractivity contribution in [1.82, 2.24) is 15.2 Å². The lowest BCUT2D eigenvalue weighted by Gasteiger charge is -2.31. The van der Waals surface area contributed by atoms with E-state index in [1.807, 2.05) is 0 Å². The summed E-state index contributed by atoms with van der Waals surface area (Å²) in [4.78, 5) is 22.3. The molecule has 0 bridgehead atoms. The van der Waals surface area contributed by atoms with Crippen molar-refractivity contribution in [3.8, 4) is 0 Å². The van der Waals surface area contributed by atoms with E-state index in [1.165, 1.54) is 36.2 Å². The molecule has 0 unspecified atom stereocenters. The van der Waals surface area contributed by atoms with Gasteiger partial charge in [0.2, 0.25) is 5.91 Å². The van der Waals surface area contributed by atoms with E-state index in [4.69, 9.17) is 4.98 Å². The fourth-order valence-electron chi connectivity index (χ4n) is 4.79. The smallest absolute Gasteiger partial charge is 0.223 e. The number of anilines is 1. The predicted molar refractivity (Wildman–Crippen MR) is 126 cm³/mol. The summed E-state index contributed by atoms with van der Waals surface area (Å²) in [6, 6.07) is 6.58. The third-order valence-corrected chi connectivity index (χ3v) is 7.76. The van der Waals surface area contributed by atoms with Crippen LogP contribution in [0, 0.1) is 11.8 Å². The number of carbonyl (C=O) groups is 1. The van der Waals surface area contributed by atoms with Crippen molar-refractivity contribution in [3.05, 3.63) is 23.8 Å². The Balaban J connectivity index is 1.20. The van der Waals surface area contributed by atoms with Crippen LogP contribution in [0.25, 0.3) is 10.2 Å². The molecule has 1 aromatic carbocycles. The summed E-state index contributed by atoms with van der Waals surface area (Å²) in [6.07, 6.45) is 6.64. The zero-order valence-electron chi connectivity index (χ0n) is 18.5. The highest BCUT2D eigenvalue weighted by molar-refractivity contribution is 7.22. The Morgan fingerprint density at radius 2 is 2.07 bits per heavy atom. The number of hydrogen-bond acceptors (Lipinski definition) is 5. The Hall–Kier alpha value is -1.66. The zero-order chi connectivity index (χ0) is 20.9. The number of benzene rings is 1. The first-order chi connectivity index (χ1) is 14.6. The molecular formula is C24H36N4OS. The number of likely N-dealkylation sites (tertiary alicyclic amines) is 1. The minimum absolute atomic E-state index is 0.150. The molecule has 2 fully saturated rings. The maximum absolute atomic E-state index is 12.6. The Morgan fingerprint density at radius 3 is 2.83 bits per heavy atom. The SMILES string of the molecule is CCc1ccc2nc(N3CCC(C(=O)NCCCN4CCC[C@H](C)C4)CC3)sc2c1. The number of aryl methyl sites for hydroxylation is 1. The molecule has 164 valence electrons. The van der Waals surface area contributed by atoms with E-state index in [2.05, 4.69) is 47.2 Å². The molecule has 4 rings (SSSR count). The fourth-order valence-corrected chi connectivity index (χ4v) is 5.87. The van der Waals surface area contributed by atoms with Gasteiger partial charge in [0.1, 0.15) is 0 Å². The summed E-state index contributed by atoms with van der Waals surface area (Å²) >= 11 is 1.78. The number of aromatic nitrogens is 1. The highest BCUT2D eigenvalue weighted by atomic mass is 32.1. The first-order valence-corrected chi connectivity index (χ1v) is 12.6. The second-order valence-electron chi connectivity index (χ2n) is 9.11. The van der Waals surface area contributed by atoms with Gasteiger partial charge in [-0.1, -0.05) is 31.3 Å². The molecule has 0 aliphatic carbocycles. The highest BCUT2D eigenvalue weighted by Crippen LogP contribution is 2.32. The largest absolute Gasteiger partial charge is 0.356 e. The van der Waals surface area contributed by atoms with Gasteiger partial charge in [0, 0.05) is 32.1 Å². The molecule has 1 N–H and O–H groups in total. The maximum atomic E-state index is 12.6. The standard InChI is InChI=1S/C24H36N4OS/c1-3-19-7-8-21-22(16-19)30-24(26-21)28-14-9-20(10-15-28)23(29)25-11-5-13-27-12-4-6-18(2)17-27/h7-8,16,18,20H,3-6,9-15,17H2,1-2H3,(H,25,29)/t18-/m0/s1. The highest BCUT2D eigenvalue weighted by Gasteiger charge is 2.26. The second kappa shape index (κ2) is 10.1. The first-order valence-electron chi connectivity index (χ1n) is 11.8. The second-order valence-corrected chi connectivity index (χ2v) is 10.1. The fraction of sp³-hybridized carbons (Fsp3) is 0.667. The third kappa shape index (κ3) is 5.33. The molecule has 1 aromatic heterocycles. The number of hydrogen-bond donors (Lipinski definition) is 1. The molecule has 5 nitrogen and oxygen atoms in total. The van der Waals surface area contributed by atoms with Gasteiger partial charge in [-0.25, -0.2) is 4.98 Å². The minimum Gasteiger partial charge on any atom is -0.356 e. The average molecular weight is 429 g/mol. The van der Waals surface area contributed by atoms with Gasteiger partial charge in [-0.05, 0) is 75.2 Å². The molecule has 2 saturated heterocycles. The van der Waals surface area contributed by atoms with Gasteiger partial charge in [0.15, 0.2) is 5.13 Å². The molecule has 1 atom stereocenters. The zero-order valence-corrected chi connectivity index (χ0v) is 19.3. The monoisotopic (exact) mass is 428 g/mol. The summed E-state index contributed by atoms with van der Waals surface area (Å²) in [6.45, 7) is 10.7. The molecule has 1 amide bonds. The van der Waals surface area contributed by atoms with Crippen LogP contribution in [-0.2, 0) is 11.2 Å². The van der Waals surface area contributed by atoms with Crippen LogP contribution in [0.5, 0.6) is 0 Å². The van der Waals surface area contributed by atoms with Crippen molar-refractivity contribution < 1.29 is 4.79 Å². The molecule has 3 heterocycles. The lowest BCUT2D eigenvalue weighted by Crippen LogP contribution is -2.41. The van der Waals surface area contributed by atoms with Crippen LogP contribution in [0.2, 0.25) is 0 Å². The summed E-state index contributed by atoms with van der Waals surface area (Å²) in [5, 5.41) is 4.30. The van der Waals surface area contributed by atoms with Crippen molar-refractivity contribution in [2.45, 2.75) is 52.4 Å². The van der Waals surface area contributed by atoms with E-state index in [1.54, 1.807) is 11.3 Å². The van der Waals surface area contributed by atoms with Crippen molar-refractivity contribution >= 4 is 32.6 Å². The molecule has 0 saturated carbocycles. The minimum atomic E-state index is 0.150. The van der Waals surface area contributed by atoms with Crippen molar-refractivity contribution in [1.29, 1.82) is 0 Å². The topological polar surface area (TPSA) is 48.5 Å². The Labute approximate surface area is 184 Å². The number of rotatable bonds is 7. The van der Waals surface area contributed by atoms with Crippen LogP contribution in [0.1, 0.15) is 51.5 Å². The van der Waals surface area contributed by atoms with Gasteiger partial charge in [0.05, 0.1) is 10.2 Å².